The number of carbonyl (C=O) groups is 1. The summed E-state index contributed by atoms with van der Waals surface area (Å²) in [4.78, 5) is 10.3. The van der Waals surface area contributed by atoms with Gasteiger partial charge < -0.3 is 5.11 Å². The number of carboxylic acids is 1. The smallest absolute Gasteiger partial charge is 0.303 e. The molecule has 15 heavy (non-hydrogen) atoms. The molecule has 0 aromatic heterocycles. The van der Waals surface area contributed by atoms with Gasteiger partial charge in [-0.2, -0.15) is 0 Å². The van der Waals surface area contributed by atoms with Crippen LogP contribution >= 0.6 is 0 Å². The van der Waals surface area contributed by atoms with Crippen molar-refractivity contribution in [2.45, 2.75) is 26.2 Å². The zero-order valence-electron chi connectivity index (χ0n) is 8.34. The largest absolute Gasteiger partial charge is 0.481 e. The standard InChI is InChI=1S/C11H12F2O2/c1-7-6-8(3-5-10(14)15)2-4-9(7)11(12)13/h2,4,6,11H,3,5H2,1H3,(H,14,15). The average Bonchev–Trinajstić information content (AvgIpc) is 2.14. The van der Waals surface area contributed by atoms with Crippen LogP contribution in [0.25, 0.3) is 0 Å². The number of aliphatic carboxylic acids is 1. The van der Waals surface area contributed by atoms with E-state index in [2.05, 4.69) is 0 Å². The summed E-state index contributed by atoms with van der Waals surface area (Å²) >= 11 is 0. The molecule has 0 spiro atoms. The molecule has 1 rings (SSSR count). The van der Waals surface area contributed by atoms with Gasteiger partial charge in [0.2, 0.25) is 0 Å². The monoisotopic (exact) mass is 214 g/mol. The summed E-state index contributed by atoms with van der Waals surface area (Å²) in [5.41, 5.74) is 1.29. The third kappa shape index (κ3) is 3.31. The van der Waals surface area contributed by atoms with E-state index in [-0.39, 0.29) is 12.0 Å². The van der Waals surface area contributed by atoms with Gasteiger partial charge in [-0.3, -0.25) is 4.79 Å². The van der Waals surface area contributed by atoms with Crippen LogP contribution in [0, 0.1) is 6.92 Å². The summed E-state index contributed by atoms with van der Waals surface area (Å²) < 4.78 is 24.8. The second-order valence-electron chi connectivity index (χ2n) is 3.39. The van der Waals surface area contributed by atoms with Crippen molar-refractivity contribution in [3.05, 3.63) is 34.9 Å². The molecule has 82 valence electrons. The summed E-state index contributed by atoms with van der Waals surface area (Å²) in [6.45, 7) is 1.60. The number of rotatable bonds is 4. The highest BCUT2D eigenvalue weighted by molar-refractivity contribution is 5.67. The highest BCUT2D eigenvalue weighted by Crippen LogP contribution is 2.23. The molecule has 0 aliphatic carbocycles. The number of hydrogen-bond acceptors (Lipinski definition) is 1. The zero-order chi connectivity index (χ0) is 11.4. The van der Waals surface area contributed by atoms with E-state index in [1.165, 1.54) is 6.07 Å². The van der Waals surface area contributed by atoms with Gasteiger partial charge in [-0.25, -0.2) is 8.78 Å². The average molecular weight is 214 g/mol. The van der Waals surface area contributed by atoms with Crippen LogP contribution in [-0.2, 0) is 11.2 Å². The van der Waals surface area contributed by atoms with E-state index in [4.69, 9.17) is 5.11 Å². The van der Waals surface area contributed by atoms with Crippen molar-refractivity contribution in [1.29, 1.82) is 0 Å². The molecule has 0 atom stereocenters. The summed E-state index contributed by atoms with van der Waals surface area (Å²) in [6.07, 6.45) is -2.08. The third-order valence-corrected chi connectivity index (χ3v) is 2.20. The molecule has 0 saturated carbocycles. The van der Waals surface area contributed by atoms with E-state index >= 15 is 0 Å². The number of benzene rings is 1. The maximum absolute atomic E-state index is 12.4. The molecule has 1 aromatic rings. The fourth-order valence-corrected chi connectivity index (χ4v) is 1.39. The van der Waals surface area contributed by atoms with Crippen LogP contribution in [-0.4, -0.2) is 11.1 Å². The topological polar surface area (TPSA) is 37.3 Å². The van der Waals surface area contributed by atoms with Crippen LogP contribution < -0.4 is 0 Å². The molecule has 0 bridgehead atoms. The lowest BCUT2D eigenvalue weighted by Gasteiger charge is -2.06. The zero-order valence-corrected chi connectivity index (χ0v) is 8.34. The third-order valence-electron chi connectivity index (χ3n) is 2.20. The predicted octanol–water partition coefficient (Wildman–Crippen LogP) is 2.95. The number of halogens is 2. The van der Waals surface area contributed by atoms with E-state index in [1.54, 1.807) is 19.1 Å². The van der Waals surface area contributed by atoms with Gasteiger partial charge in [0.1, 0.15) is 0 Å². The molecule has 0 aliphatic heterocycles. The van der Waals surface area contributed by atoms with E-state index in [9.17, 15) is 13.6 Å². The Morgan fingerprint density at radius 3 is 2.60 bits per heavy atom. The van der Waals surface area contributed by atoms with Crippen LogP contribution in [0.2, 0.25) is 0 Å². The van der Waals surface area contributed by atoms with Gasteiger partial charge in [0.25, 0.3) is 6.43 Å². The van der Waals surface area contributed by atoms with Gasteiger partial charge in [0.05, 0.1) is 0 Å². The summed E-state index contributed by atoms with van der Waals surface area (Å²) in [5, 5.41) is 8.47. The fraction of sp³-hybridized carbons (Fsp3) is 0.364. The summed E-state index contributed by atoms with van der Waals surface area (Å²) in [5.74, 6) is -0.884. The second-order valence-corrected chi connectivity index (χ2v) is 3.39. The summed E-state index contributed by atoms with van der Waals surface area (Å²) in [6, 6.07) is 4.53. The lowest BCUT2D eigenvalue weighted by atomic mass is 10.0. The molecule has 0 amide bonds. The minimum Gasteiger partial charge on any atom is -0.481 e. The van der Waals surface area contributed by atoms with Gasteiger partial charge in [0, 0.05) is 12.0 Å². The Morgan fingerprint density at radius 2 is 2.13 bits per heavy atom. The Kier molecular flexibility index (Phi) is 3.77. The number of aryl methyl sites for hydroxylation is 2. The SMILES string of the molecule is Cc1cc(CCC(=O)O)ccc1C(F)F. The first-order valence-corrected chi connectivity index (χ1v) is 4.60. The normalized spacial score (nSPS) is 10.7. The Hall–Kier alpha value is -1.45. The van der Waals surface area contributed by atoms with Gasteiger partial charge in [-0.05, 0) is 24.5 Å². The van der Waals surface area contributed by atoms with Crippen LogP contribution in [0.5, 0.6) is 0 Å². The van der Waals surface area contributed by atoms with Crippen molar-refractivity contribution in [1.82, 2.24) is 0 Å². The predicted molar refractivity (Wildman–Crippen MR) is 52.1 cm³/mol. The van der Waals surface area contributed by atoms with Gasteiger partial charge in [0.15, 0.2) is 0 Å². The van der Waals surface area contributed by atoms with Crippen LogP contribution in [0.15, 0.2) is 18.2 Å². The Bertz CT molecular complexity index is 362. The van der Waals surface area contributed by atoms with E-state index in [0.717, 1.165) is 5.56 Å². The Morgan fingerprint density at radius 1 is 1.47 bits per heavy atom. The van der Waals surface area contributed by atoms with E-state index < -0.39 is 12.4 Å². The number of alkyl halides is 2. The lowest BCUT2D eigenvalue weighted by molar-refractivity contribution is -0.136. The second kappa shape index (κ2) is 4.87. The first kappa shape index (κ1) is 11.6. The molecule has 0 aliphatic rings. The maximum atomic E-state index is 12.4. The van der Waals surface area contributed by atoms with Crippen molar-refractivity contribution in [2.75, 3.05) is 0 Å². The molecule has 1 aromatic carbocycles. The fourth-order valence-electron chi connectivity index (χ4n) is 1.39. The van der Waals surface area contributed by atoms with Gasteiger partial charge in [-0.15, -0.1) is 0 Å². The lowest BCUT2D eigenvalue weighted by Crippen LogP contribution is -1.98. The Balaban J connectivity index is 2.77. The van der Waals surface area contributed by atoms with E-state index in [0.29, 0.717) is 12.0 Å². The highest BCUT2D eigenvalue weighted by atomic mass is 19.3. The molecule has 0 fully saturated rings. The number of carboxylic acid groups (broad SMARTS) is 1. The van der Waals surface area contributed by atoms with Crippen LogP contribution in [0.4, 0.5) is 8.78 Å². The molecule has 4 heteroatoms. The van der Waals surface area contributed by atoms with Crippen molar-refractivity contribution < 1.29 is 18.7 Å². The van der Waals surface area contributed by atoms with Gasteiger partial charge in [-0.1, -0.05) is 18.2 Å². The number of hydrogen-bond donors (Lipinski definition) is 1. The van der Waals surface area contributed by atoms with Gasteiger partial charge >= 0.3 is 5.97 Å². The molecule has 0 radical (unpaired) electrons. The minimum atomic E-state index is -2.47. The maximum Gasteiger partial charge on any atom is 0.303 e. The van der Waals surface area contributed by atoms with Crippen molar-refractivity contribution in [2.24, 2.45) is 0 Å². The van der Waals surface area contributed by atoms with Crippen LogP contribution in [0.1, 0.15) is 29.5 Å². The molecule has 0 heterocycles. The molecule has 0 unspecified atom stereocenters. The molecular formula is C11H12F2O2. The molecular weight excluding hydrogens is 202 g/mol. The highest BCUT2D eigenvalue weighted by Gasteiger charge is 2.10. The van der Waals surface area contributed by atoms with Crippen molar-refractivity contribution >= 4 is 5.97 Å². The van der Waals surface area contributed by atoms with Crippen molar-refractivity contribution in [3.63, 3.8) is 0 Å². The summed E-state index contributed by atoms with van der Waals surface area (Å²) in [7, 11) is 0. The quantitative estimate of drug-likeness (QED) is 0.836. The van der Waals surface area contributed by atoms with E-state index in [1.807, 2.05) is 0 Å². The Labute approximate surface area is 86.5 Å². The van der Waals surface area contributed by atoms with Crippen molar-refractivity contribution in [3.8, 4) is 0 Å². The van der Waals surface area contributed by atoms with Crippen LogP contribution in [0.3, 0.4) is 0 Å². The first-order chi connectivity index (χ1) is 7.00. The minimum absolute atomic E-state index is 0.00840. The molecule has 0 saturated heterocycles. The molecule has 1 N–H and O–H groups in total. The molecule has 2 nitrogen and oxygen atoms in total. The first-order valence-electron chi connectivity index (χ1n) is 4.60.